The lowest BCUT2D eigenvalue weighted by molar-refractivity contribution is 0.291. The number of rotatable bonds is 5. The van der Waals surface area contributed by atoms with Crippen LogP contribution in [0, 0.1) is 0 Å². The second-order valence-corrected chi connectivity index (χ2v) is 6.14. The molecule has 0 amide bonds. The number of nitrogens with two attached hydrogens (primary N) is 1. The molecule has 2 N–H and O–H groups in total. The molecule has 1 aromatic carbocycles. The van der Waals surface area contributed by atoms with Gasteiger partial charge in [0.15, 0.2) is 0 Å². The highest BCUT2D eigenvalue weighted by atomic mass is 79.9. The fourth-order valence-electron chi connectivity index (χ4n) is 1.97. The van der Waals surface area contributed by atoms with Gasteiger partial charge >= 0.3 is 0 Å². The fraction of sp³-hybridized carbons (Fsp3) is 0.357. The van der Waals surface area contributed by atoms with Crippen molar-refractivity contribution in [1.29, 1.82) is 0 Å². The van der Waals surface area contributed by atoms with Crippen molar-refractivity contribution in [3.05, 3.63) is 44.1 Å². The third-order valence-corrected chi connectivity index (χ3v) is 4.52. The number of hydrogen-bond acceptors (Lipinski definition) is 3. The molecule has 0 atom stereocenters. The van der Waals surface area contributed by atoms with Crippen molar-refractivity contribution in [3.63, 3.8) is 0 Å². The Bertz CT molecular complexity index is 611. The van der Waals surface area contributed by atoms with Crippen LogP contribution < -0.4 is 10.5 Å². The Hall–Kier alpha value is -0.850. The molecule has 2 aromatic rings. The number of aromatic nitrogens is 2. The van der Waals surface area contributed by atoms with Crippen molar-refractivity contribution in [1.82, 2.24) is 9.78 Å². The van der Waals surface area contributed by atoms with Gasteiger partial charge in [-0.3, -0.25) is 4.68 Å². The van der Waals surface area contributed by atoms with E-state index in [0.717, 1.165) is 38.1 Å². The molecular formula is C14H17Br2N3O. The zero-order valence-electron chi connectivity index (χ0n) is 11.5. The van der Waals surface area contributed by atoms with Crippen molar-refractivity contribution in [2.75, 3.05) is 0 Å². The first-order valence-electron chi connectivity index (χ1n) is 6.38. The smallest absolute Gasteiger partial charge is 0.131 e. The van der Waals surface area contributed by atoms with Crippen molar-refractivity contribution in [2.45, 2.75) is 26.5 Å². The van der Waals surface area contributed by atoms with Crippen LogP contribution in [0.3, 0.4) is 0 Å². The summed E-state index contributed by atoms with van der Waals surface area (Å²) in [4.78, 5) is 0. The predicted molar refractivity (Wildman–Crippen MR) is 86.7 cm³/mol. The zero-order chi connectivity index (χ0) is 14.7. The third-order valence-electron chi connectivity index (χ3n) is 3.11. The van der Waals surface area contributed by atoms with Crippen LogP contribution in [0.2, 0.25) is 0 Å². The standard InChI is InChI=1S/C14H17Br2N3O/c1-3-11-14(16)12(19(2)18-11)8-20-13-5-4-10(15)6-9(13)7-17/h4-6H,3,7-8,17H2,1-2H3. The summed E-state index contributed by atoms with van der Waals surface area (Å²) in [6.07, 6.45) is 0.890. The highest BCUT2D eigenvalue weighted by Crippen LogP contribution is 2.26. The van der Waals surface area contributed by atoms with E-state index in [1.165, 1.54) is 0 Å². The molecule has 0 aliphatic rings. The first-order valence-corrected chi connectivity index (χ1v) is 7.97. The summed E-state index contributed by atoms with van der Waals surface area (Å²) >= 11 is 7.02. The maximum absolute atomic E-state index is 5.90. The number of halogens is 2. The summed E-state index contributed by atoms with van der Waals surface area (Å²) in [5, 5.41) is 4.46. The van der Waals surface area contributed by atoms with Gasteiger partial charge in [-0.15, -0.1) is 0 Å². The molecular weight excluding hydrogens is 386 g/mol. The molecule has 1 heterocycles. The summed E-state index contributed by atoms with van der Waals surface area (Å²) in [7, 11) is 1.92. The van der Waals surface area contributed by atoms with E-state index >= 15 is 0 Å². The predicted octanol–water partition coefficient (Wildman–Crippen LogP) is 3.55. The molecule has 20 heavy (non-hydrogen) atoms. The molecule has 0 spiro atoms. The average molecular weight is 403 g/mol. The van der Waals surface area contributed by atoms with Crippen LogP contribution in [0.15, 0.2) is 27.1 Å². The van der Waals surface area contributed by atoms with Gasteiger partial charge in [0.25, 0.3) is 0 Å². The maximum Gasteiger partial charge on any atom is 0.131 e. The number of benzene rings is 1. The van der Waals surface area contributed by atoms with Crippen LogP contribution in [0.25, 0.3) is 0 Å². The summed E-state index contributed by atoms with van der Waals surface area (Å²) in [5.74, 6) is 0.807. The van der Waals surface area contributed by atoms with E-state index < -0.39 is 0 Å². The summed E-state index contributed by atoms with van der Waals surface area (Å²) in [5.41, 5.74) is 8.79. The van der Waals surface area contributed by atoms with E-state index in [1.807, 2.05) is 29.9 Å². The van der Waals surface area contributed by atoms with Crippen LogP contribution in [0.4, 0.5) is 0 Å². The van der Waals surface area contributed by atoms with Crippen molar-refractivity contribution >= 4 is 31.9 Å². The molecule has 0 aliphatic heterocycles. The van der Waals surface area contributed by atoms with Crippen molar-refractivity contribution < 1.29 is 4.74 Å². The van der Waals surface area contributed by atoms with Crippen molar-refractivity contribution in [3.8, 4) is 5.75 Å². The Morgan fingerprint density at radius 3 is 2.70 bits per heavy atom. The van der Waals surface area contributed by atoms with Crippen LogP contribution in [-0.4, -0.2) is 9.78 Å². The van der Waals surface area contributed by atoms with E-state index in [9.17, 15) is 0 Å². The second-order valence-electron chi connectivity index (χ2n) is 4.43. The summed E-state index contributed by atoms with van der Waals surface area (Å²) < 4.78 is 9.77. The number of hydrogen-bond donors (Lipinski definition) is 1. The normalized spacial score (nSPS) is 10.8. The molecule has 0 unspecified atom stereocenters. The van der Waals surface area contributed by atoms with Crippen LogP contribution >= 0.6 is 31.9 Å². The van der Waals surface area contributed by atoms with Crippen molar-refractivity contribution in [2.24, 2.45) is 12.8 Å². The van der Waals surface area contributed by atoms with Gasteiger partial charge in [-0.25, -0.2) is 0 Å². The molecule has 0 saturated carbocycles. The van der Waals surface area contributed by atoms with Gasteiger partial charge in [0.05, 0.1) is 15.9 Å². The first kappa shape index (κ1) is 15.5. The Balaban J connectivity index is 2.19. The van der Waals surface area contributed by atoms with Gasteiger partial charge in [-0.1, -0.05) is 22.9 Å². The molecule has 2 rings (SSSR count). The van der Waals surface area contributed by atoms with Crippen LogP contribution in [0.1, 0.15) is 23.9 Å². The Kier molecular flexibility index (Phi) is 5.23. The zero-order valence-corrected chi connectivity index (χ0v) is 14.7. The maximum atomic E-state index is 5.90. The number of nitrogens with zero attached hydrogens (tertiary/aromatic N) is 2. The third kappa shape index (κ3) is 3.24. The van der Waals surface area contributed by atoms with Gasteiger partial charge < -0.3 is 10.5 Å². The first-order chi connectivity index (χ1) is 9.56. The molecule has 1 aromatic heterocycles. The molecule has 0 radical (unpaired) electrons. The topological polar surface area (TPSA) is 53.1 Å². The second kappa shape index (κ2) is 6.74. The Morgan fingerprint density at radius 2 is 2.10 bits per heavy atom. The van der Waals surface area contributed by atoms with E-state index in [0.29, 0.717) is 13.2 Å². The van der Waals surface area contributed by atoms with E-state index in [4.69, 9.17) is 10.5 Å². The van der Waals surface area contributed by atoms with Gasteiger partial charge in [-0.2, -0.15) is 5.10 Å². The highest BCUT2D eigenvalue weighted by Gasteiger charge is 2.13. The molecule has 6 heteroatoms. The molecule has 0 aliphatic carbocycles. The quantitative estimate of drug-likeness (QED) is 0.831. The number of aryl methyl sites for hydroxylation is 2. The number of ether oxygens (including phenoxy) is 1. The largest absolute Gasteiger partial charge is 0.487 e. The lowest BCUT2D eigenvalue weighted by atomic mass is 10.2. The van der Waals surface area contributed by atoms with Crippen LogP contribution in [-0.2, 0) is 26.6 Å². The fourth-order valence-corrected chi connectivity index (χ4v) is 3.11. The van der Waals surface area contributed by atoms with E-state index in [-0.39, 0.29) is 0 Å². The lowest BCUT2D eigenvalue weighted by Crippen LogP contribution is -2.06. The SMILES string of the molecule is CCc1nn(C)c(COc2ccc(Br)cc2CN)c1Br. The monoisotopic (exact) mass is 401 g/mol. The Labute approximate surface area is 135 Å². The minimum absolute atomic E-state index is 0.446. The minimum Gasteiger partial charge on any atom is -0.487 e. The minimum atomic E-state index is 0.446. The van der Waals surface area contributed by atoms with Gasteiger partial charge in [0.1, 0.15) is 12.4 Å². The van der Waals surface area contributed by atoms with Crippen LogP contribution in [0.5, 0.6) is 5.75 Å². The van der Waals surface area contributed by atoms with Gasteiger partial charge in [0.2, 0.25) is 0 Å². The molecule has 0 saturated heterocycles. The van der Waals surface area contributed by atoms with E-state index in [2.05, 4.69) is 43.9 Å². The average Bonchev–Trinajstić information content (AvgIpc) is 2.72. The molecule has 108 valence electrons. The Morgan fingerprint density at radius 1 is 1.35 bits per heavy atom. The van der Waals surface area contributed by atoms with E-state index in [1.54, 1.807) is 0 Å². The molecule has 0 fully saturated rings. The molecule has 4 nitrogen and oxygen atoms in total. The summed E-state index contributed by atoms with van der Waals surface area (Å²) in [6, 6.07) is 5.85. The highest BCUT2D eigenvalue weighted by molar-refractivity contribution is 9.10. The lowest BCUT2D eigenvalue weighted by Gasteiger charge is -2.11. The summed E-state index contributed by atoms with van der Waals surface area (Å²) in [6.45, 7) is 2.99. The van der Waals surface area contributed by atoms with Gasteiger partial charge in [0, 0.05) is 23.6 Å². The van der Waals surface area contributed by atoms with Gasteiger partial charge in [-0.05, 0) is 40.5 Å². The molecule has 0 bridgehead atoms.